The number of para-hydroxylation sites is 3. The molecule has 0 radical (unpaired) electrons. The van der Waals surface area contributed by atoms with Gasteiger partial charge in [-0.15, -0.1) is 22.7 Å². The van der Waals surface area contributed by atoms with Crippen LogP contribution in [0.5, 0.6) is 0 Å². The molecule has 17 aromatic rings. The zero-order valence-corrected chi connectivity index (χ0v) is 44.4. The molecular formula is C74H40N4OS2. The second-order valence-electron chi connectivity index (χ2n) is 20.4. The van der Waals surface area contributed by atoms with Crippen LogP contribution in [0.3, 0.4) is 0 Å². The van der Waals surface area contributed by atoms with Crippen LogP contribution < -0.4 is 0 Å². The van der Waals surface area contributed by atoms with E-state index in [0.29, 0.717) is 44.9 Å². The highest BCUT2D eigenvalue weighted by molar-refractivity contribution is 7.27. The Bertz CT molecular complexity index is 5910. The smallest absolute Gasteiger partial charge is 0.220 e. The molecule has 0 spiro atoms. The third-order valence-corrected chi connectivity index (χ3v) is 18.7. The number of hydrogen-bond donors (Lipinski definition) is 0. The van der Waals surface area contributed by atoms with Crippen molar-refractivity contribution in [3.8, 4) is 62.0 Å². The zero-order chi connectivity index (χ0) is 57.8. The first kappa shape index (κ1) is 40.6. The first-order valence-corrected chi connectivity index (χ1v) is 28.2. The molecule has 374 valence electrons. The summed E-state index contributed by atoms with van der Waals surface area (Å²) in [5, 5.41) is 22.3. The highest BCUT2D eigenvalue weighted by atomic mass is 32.1. The summed E-state index contributed by atoms with van der Waals surface area (Å²) < 4.78 is 59.3. The van der Waals surface area contributed by atoms with Gasteiger partial charge in [-0.3, -0.25) is 0 Å². The van der Waals surface area contributed by atoms with Gasteiger partial charge in [-0.05, 0) is 58.1 Å². The molecule has 7 heteroatoms. The van der Waals surface area contributed by atoms with E-state index in [1.165, 1.54) is 11.3 Å². The maximum absolute atomic E-state index is 12.4. The molecule has 17 rings (SSSR count). The molecule has 0 aliphatic heterocycles. The lowest BCUT2D eigenvalue weighted by Crippen LogP contribution is -2.09. The molecule has 0 amide bonds. The minimum atomic E-state index is -0.450. The third kappa shape index (κ3) is 6.45. The predicted octanol–water partition coefficient (Wildman–Crippen LogP) is 21.6. The molecule has 12 aromatic carbocycles. The van der Waals surface area contributed by atoms with Crippen molar-refractivity contribution in [2.75, 3.05) is 0 Å². The molecule has 5 nitrogen and oxygen atoms in total. The van der Waals surface area contributed by atoms with Crippen molar-refractivity contribution in [1.29, 1.82) is 5.26 Å². The summed E-state index contributed by atoms with van der Waals surface area (Å²) in [5.41, 5.74) is 12.2. The summed E-state index contributed by atoms with van der Waals surface area (Å²) in [4.78, 5) is 4.60. The van der Waals surface area contributed by atoms with Crippen molar-refractivity contribution in [1.82, 2.24) is 9.13 Å². The van der Waals surface area contributed by atoms with Gasteiger partial charge in [0.1, 0.15) is 17.2 Å². The number of furan rings is 1. The summed E-state index contributed by atoms with van der Waals surface area (Å²) in [5.74, 6) is 0. The summed E-state index contributed by atoms with van der Waals surface area (Å²) >= 11 is 3.22. The first-order valence-electron chi connectivity index (χ1n) is 29.1. The molecule has 0 fully saturated rings. The highest BCUT2D eigenvalue weighted by Crippen LogP contribution is 2.55. The normalized spacial score (nSPS) is 12.8. The van der Waals surface area contributed by atoms with E-state index in [4.69, 9.17) is 8.53 Å². The second kappa shape index (κ2) is 17.5. The van der Waals surface area contributed by atoms with Gasteiger partial charge in [0.15, 0.2) is 0 Å². The maximum Gasteiger partial charge on any atom is 0.220 e. The second-order valence-corrected chi connectivity index (χ2v) is 22.5. The topological polar surface area (TPSA) is 51.1 Å². The Balaban J connectivity index is 1.08. The van der Waals surface area contributed by atoms with Gasteiger partial charge in [-0.1, -0.05) is 212 Å². The SMILES string of the molecule is [2H]c1c([2H])c([2H])c(-c2cccc3c2sc2c3ccc3c4ccc5c6ccccc6sc5c4n(-c4c(C#N)c(-c5ccccc5)c([N+]#[C-])c(-n5c6ccccc6c6cc(-c7cccc8c7oc7ccccc78)ccc65)c4-c4ccccc4)c32)c([2H])c1[2H]. The third-order valence-electron chi connectivity index (χ3n) is 16.3. The van der Waals surface area contributed by atoms with Crippen LogP contribution >= 0.6 is 22.7 Å². The Kier molecular flexibility index (Phi) is 8.77. The Morgan fingerprint density at radius 1 is 0.444 bits per heavy atom. The van der Waals surface area contributed by atoms with Crippen molar-refractivity contribution >= 4 is 134 Å². The first-order chi connectivity index (χ1) is 42.2. The largest absolute Gasteiger partial charge is 0.455 e. The van der Waals surface area contributed by atoms with E-state index in [1.807, 2.05) is 91.0 Å². The fourth-order valence-electron chi connectivity index (χ4n) is 12.9. The lowest BCUT2D eigenvalue weighted by molar-refractivity contribution is 0.670. The van der Waals surface area contributed by atoms with Gasteiger partial charge in [-0.25, -0.2) is 4.85 Å². The molecule has 0 N–H and O–H groups in total. The Hall–Kier alpha value is -10.5. The van der Waals surface area contributed by atoms with Crippen LogP contribution in [0.15, 0.2) is 247 Å². The van der Waals surface area contributed by atoms with E-state index in [1.54, 1.807) is 11.3 Å². The van der Waals surface area contributed by atoms with E-state index in [2.05, 4.69) is 141 Å². The van der Waals surface area contributed by atoms with E-state index < -0.39 is 18.1 Å². The summed E-state index contributed by atoms with van der Waals surface area (Å²) in [6.45, 7) is 9.53. The van der Waals surface area contributed by atoms with Crippen molar-refractivity contribution in [2.45, 2.75) is 0 Å². The zero-order valence-electron chi connectivity index (χ0n) is 47.7. The van der Waals surface area contributed by atoms with Crippen LogP contribution in [0.4, 0.5) is 5.69 Å². The molecule has 0 saturated heterocycles. The van der Waals surface area contributed by atoms with Crippen LogP contribution in [0.1, 0.15) is 12.4 Å². The number of thiophene rings is 2. The van der Waals surface area contributed by atoms with Gasteiger partial charge in [-0.2, -0.15) is 5.26 Å². The Morgan fingerprint density at radius 2 is 1.04 bits per heavy atom. The van der Waals surface area contributed by atoms with Crippen LogP contribution in [0, 0.1) is 17.9 Å². The van der Waals surface area contributed by atoms with Crippen molar-refractivity contribution in [3.05, 3.63) is 260 Å². The quantitative estimate of drug-likeness (QED) is 0.156. The van der Waals surface area contributed by atoms with Crippen LogP contribution in [-0.2, 0) is 0 Å². The van der Waals surface area contributed by atoms with E-state index in [-0.39, 0.29) is 17.6 Å². The summed E-state index contributed by atoms with van der Waals surface area (Å²) in [6, 6.07) is 73.2. The minimum Gasteiger partial charge on any atom is -0.455 e. The Labute approximate surface area is 478 Å². The Morgan fingerprint density at radius 3 is 1.79 bits per heavy atom. The van der Waals surface area contributed by atoms with Crippen LogP contribution in [0.2, 0.25) is 0 Å². The monoisotopic (exact) mass is 1070 g/mol. The number of fused-ring (bicyclic) bond motifs is 17. The number of rotatable bonds is 6. The van der Waals surface area contributed by atoms with Gasteiger partial charge >= 0.3 is 0 Å². The average Bonchev–Trinajstić information content (AvgIpc) is 1.52. The van der Waals surface area contributed by atoms with Gasteiger partial charge in [0, 0.05) is 80.0 Å². The van der Waals surface area contributed by atoms with Crippen molar-refractivity contribution < 1.29 is 11.3 Å². The van der Waals surface area contributed by atoms with Gasteiger partial charge in [0.25, 0.3) is 0 Å². The van der Waals surface area contributed by atoms with E-state index in [0.717, 1.165) is 123 Å². The van der Waals surface area contributed by atoms with Crippen LogP contribution in [0.25, 0.3) is 167 Å². The molecule has 0 unspecified atom stereocenters. The minimum absolute atomic E-state index is 0.131. The lowest BCUT2D eigenvalue weighted by Gasteiger charge is -2.26. The molecule has 0 saturated carbocycles. The van der Waals surface area contributed by atoms with Crippen molar-refractivity contribution in [3.63, 3.8) is 0 Å². The van der Waals surface area contributed by atoms with Crippen molar-refractivity contribution in [2.24, 2.45) is 0 Å². The fraction of sp³-hybridized carbons (Fsp3) is 0. The predicted molar refractivity (Wildman–Crippen MR) is 341 cm³/mol. The molecule has 0 aliphatic carbocycles. The molecule has 0 bridgehead atoms. The molecular weight excluding hydrogens is 1020 g/mol. The van der Waals surface area contributed by atoms with E-state index >= 15 is 0 Å². The average molecular weight is 1070 g/mol. The number of nitriles is 1. The molecule has 5 heterocycles. The number of hydrogen-bond acceptors (Lipinski definition) is 4. The van der Waals surface area contributed by atoms with E-state index in [9.17, 15) is 14.6 Å². The number of aromatic nitrogens is 2. The standard InChI is InChI=1S/C74H40N4OS2/c1-76-66-64(44-21-7-3-8-22-44)59(42-75)67(78-68-52(36-38-56-51-27-13-16-34-63(51)80-73(56)68)53-37-39-57-55-31-18-29-48(43-19-5-2-6-20-43)72(55)81-74(57)69(53)78)65(45-23-9-4-10-24-45)70(66)77-60-32-14-11-25-49(60)58-41-46(35-40-61(58)77)47-28-17-30-54-50-26-12-15-33-62(50)79-71(47)54/h2-41H/i2D,5D,6D,19D,20D. The van der Waals surface area contributed by atoms with Gasteiger partial charge in [0.05, 0.1) is 61.8 Å². The molecule has 5 aromatic heterocycles. The fourth-order valence-corrected chi connectivity index (χ4v) is 15.5. The number of benzene rings is 12. The number of nitrogens with zero attached hydrogens (tertiary/aromatic N) is 4. The van der Waals surface area contributed by atoms with Gasteiger partial charge < -0.3 is 13.6 Å². The molecule has 81 heavy (non-hydrogen) atoms. The molecule has 0 atom stereocenters. The van der Waals surface area contributed by atoms with Crippen LogP contribution in [-0.4, -0.2) is 9.13 Å². The molecule has 0 aliphatic rings. The maximum atomic E-state index is 12.4. The summed E-state index contributed by atoms with van der Waals surface area (Å²) in [7, 11) is 0. The van der Waals surface area contributed by atoms with Gasteiger partial charge in [0.2, 0.25) is 5.69 Å². The lowest BCUT2D eigenvalue weighted by atomic mass is 9.88. The summed E-state index contributed by atoms with van der Waals surface area (Å²) in [6.07, 6.45) is 0. The highest BCUT2D eigenvalue weighted by Gasteiger charge is 2.33.